The summed E-state index contributed by atoms with van der Waals surface area (Å²) in [5.41, 5.74) is 1.71. The molecule has 0 heterocycles. The Kier molecular flexibility index (Phi) is 7.92. The van der Waals surface area contributed by atoms with Gasteiger partial charge in [-0.2, -0.15) is 0 Å². The van der Waals surface area contributed by atoms with E-state index in [1.807, 2.05) is 18.2 Å². The highest BCUT2D eigenvalue weighted by atomic mass is 16.5. The fourth-order valence-electron chi connectivity index (χ4n) is 2.43. The highest BCUT2D eigenvalue weighted by Gasteiger charge is 2.07. The van der Waals surface area contributed by atoms with Crippen LogP contribution in [0.2, 0.25) is 0 Å². The average Bonchev–Trinajstić information content (AvgIpc) is 2.69. The van der Waals surface area contributed by atoms with E-state index in [-0.39, 0.29) is 6.61 Å². The Morgan fingerprint density at radius 2 is 1.81 bits per heavy atom. The number of hydrogen-bond donors (Lipinski definition) is 2. The normalized spacial score (nSPS) is 11.7. The molecule has 0 aliphatic heterocycles. The van der Waals surface area contributed by atoms with Crippen LogP contribution in [-0.4, -0.2) is 51.4 Å². The maximum atomic E-state index is 10.6. The van der Waals surface area contributed by atoms with E-state index in [9.17, 15) is 9.90 Å². The first-order valence-electron chi connectivity index (χ1n) is 8.44. The van der Waals surface area contributed by atoms with Gasteiger partial charge < -0.3 is 24.6 Å². The summed E-state index contributed by atoms with van der Waals surface area (Å²) in [4.78, 5) is 10.6. The molecule has 26 heavy (non-hydrogen) atoms. The third kappa shape index (κ3) is 6.06. The molecule has 0 saturated carbocycles. The maximum absolute atomic E-state index is 10.6. The molecule has 0 saturated heterocycles. The third-order valence-electron chi connectivity index (χ3n) is 3.88. The van der Waals surface area contributed by atoms with Crippen LogP contribution in [0.4, 0.5) is 0 Å². The van der Waals surface area contributed by atoms with Crippen molar-refractivity contribution in [2.75, 3.05) is 33.9 Å². The van der Waals surface area contributed by atoms with E-state index in [1.54, 1.807) is 38.5 Å². The Hall–Kier alpha value is -2.57. The lowest BCUT2D eigenvalue weighted by Gasteiger charge is -2.14. The van der Waals surface area contributed by atoms with Crippen molar-refractivity contribution in [3.63, 3.8) is 0 Å². The molecule has 0 aliphatic rings. The second-order valence-corrected chi connectivity index (χ2v) is 5.80. The molecule has 0 bridgehead atoms. The van der Waals surface area contributed by atoms with Gasteiger partial charge in [0.05, 0.1) is 14.2 Å². The maximum Gasteiger partial charge on any atom is 0.160 e. The van der Waals surface area contributed by atoms with Gasteiger partial charge in [0.1, 0.15) is 24.7 Å². The van der Waals surface area contributed by atoms with E-state index in [0.29, 0.717) is 29.4 Å². The van der Waals surface area contributed by atoms with Crippen LogP contribution in [0.5, 0.6) is 17.2 Å². The Balaban J connectivity index is 1.68. The molecule has 2 N–H and O–H groups in total. The van der Waals surface area contributed by atoms with Crippen LogP contribution in [0.25, 0.3) is 0 Å². The van der Waals surface area contributed by atoms with Crippen molar-refractivity contribution in [3.8, 4) is 17.2 Å². The molecular weight excluding hydrogens is 334 g/mol. The van der Waals surface area contributed by atoms with E-state index in [2.05, 4.69) is 5.32 Å². The number of hydrogen-bond acceptors (Lipinski definition) is 6. The summed E-state index contributed by atoms with van der Waals surface area (Å²) in [6.45, 7) is 1.34. The quantitative estimate of drug-likeness (QED) is 0.473. The van der Waals surface area contributed by atoms with Crippen molar-refractivity contribution in [1.29, 1.82) is 0 Å². The zero-order valence-corrected chi connectivity index (χ0v) is 15.1. The van der Waals surface area contributed by atoms with E-state index >= 15 is 0 Å². The minimum Gasteiger partial charge on any atom is -0.493 e. The molecule has 0 aliphatic carbocycles. The Bertz CT molecular complexity index is 687. The van der Waals surface area contributed by atoms with Gasteiger partial charge in [0.15, 0.2) is 11.5 Å². The van der Waals surface area contributed by atoms with Gasteiger partial charge in [-0.25, -0.2) is 0 Å². The lowest BCUT2D eigenvalue weighted by Crippen LogP contribution is -2.32. The van der Waals surface area contributed by atoms with Gasteiger partial charge >= 0.3 is 0 Å². The molecule has 1 atom stereocenters. The number of aliphatic hydroxyl groups excluding tert-OH is 1. The Labute approximate surface area is 153 Å². The molecule has 0 fully saturated rings. The van der Waals surface area contributed by atoms with Crippen molar-refractivity contribution in [3.05, 3.63) is 53.6 Å². The molecule has 2 aromatic carbocycles. The highest BCUT2D eigenvalue weighted by molar-refractivity contribution is 5.74. The third-order valence-corrected chi connectivity index (χ3v) is 3.88. The minimum atomic E-state index is -0.619. The molecule has 0 aromatic heterocycles. The topological polar surface area (TPSA) is 77.0 Å². The number of aliphatic hydroxyl groups is 1. The molecule has 6 heteroatoms. The van der Waals surface area contributed by atoms with Crippen LogP contribution in [0, 0.1) is 0 Å². The molecule has 6 nitrogen and oxygen atoms in total. The fourth-order valence-corrected chi connectivity index (χ4v) is 2.43. The van der Waals surface area contributed by atoms with Crippen molar-refractivity contribution in [2.24, 2.45) is 0 Å². The minimum absolute atomic E-state index is 0.184. The molecule has 0 spiro atoms. The van der Waals surface area contributed by atoms with Crippen LogP contribution in [0.15, 0.2) is 42.5 Å². The van der Waals surface area contributed by atoms with Crippen LogP contribution < -0.4 is 19.5 Å². The lowest BCUT2D eigenvalue weighted by atomic mass is 10.1. The molecule has 1 unspecified atom stereocenters. The van der Waals surface area contributed by atoms with Gasteiger partial charge in [-0.3, -0.25) is 4.79 Å². The fraction of sp³-hybridized carbons (Fsp3) is 0.350. The van der Waals surface area contributed by atoms with Crippen molar-refractivity contribution >= 4 is 6.29 Å². The second-order valence-electron chi connectivity index (χ2n) is 5.80. The Morgan fingerprint density at radius 3 is 2.46 bits per heavy atom. The van der Waals surface area contributed by atoms with E-state index < -0.39 is 6.10 Å². The van der Waals surface area contributed by atoms with Crippen LogP contribution in [0.1, 0.15) is 15.9 Å². The smallest absolute Gasteiger partial charge is 0.160 e. The molecule has 2 aromatic rings. The first-order chi connectivity index (χ1) is 12.7. The van der Waals surface area contributed by atoms with Gasteiger partial charge in [0.25, 0.3) is 0 Å². The standard InChI is InChI=1S/C20H25NO5/c1-24-19-8-5-15(11-20(19)25-2)9-10-21-12-17(23)14-26-18-6-3-16(13-22)4-7-18/h3-8,11,13,17,21,23H,9-10,12,14H2,1-2H3. The summed E-state index contributed by atoms with van der Waals surface area (Å²) < 4.78 is 16.0. The van der Waals surface area contributed by atoms with Gasteiger partial charge in [-0.1, -0.05) is 6.07 Å². The SMILES string of the molecule is COc1ccc(CCNCC(O)COc2ccc(C=O)cc2)cc1OC. The predicted octanol–water partition coefficient (Wildman–Crippen LogP) is 2.09. The van der Waals surface area contributed by atoms with Gasteiger partial charge in [0.2, 0.25) is 0 Å². The summed E-state index contributed by atoms with van der Waals surface area (Å²) in [5, 5.41) is 13.2. The first-order valence-corrected chi connectivity index (χ1v) is 8.44. The molecule has 2 rings (SSSR count). The number of carbonyl (C=O) groups excluding carboxylic acids is 1. The number of aldehydes is 1. The second kappa shape index (κ2) is 10.4. The van der Waals surface area contributed by atoms with E-state index in [1.165, 1.54) is 0 Å². The van der Waals surface area contributed by atoms with Crippen LogP contribution in [-0.2, 0) is 6.42 Å². The number of carbonyl (C=O) groups is 1. The summed E-state index contributed by atoms with van der Waals surface area (Å²) in [5.74, 6) is 2.04. The van der Waals surface area contributed by atoms with Crippen molar-refractivity contribution < 1.29 is 24.1 Å². The summed E-state index contributed by atoms with van der Waals surface area (Å²) in [7, 11) is 3.22. The van der Waals surface area contributed by atoms with Crippen LogP contribution in [0.3, 0.4) is 0 Å². The number of nitrogens with one attached hydrogen (secondary N) is 1. The van der Waals surface area contributed by atoms with E-state index in [4.69, 9.17) is 14.2 Å². The Morgan fingerprint density at radius 1 is 1.08 bits per heavy atom. The molecule has 0 amide bonds. The molecular formula is C20H25NO5. The average molecular weight is 359 g/mol. The van der Waals surface area contributed by atoms with Gasteiger partial charge in [-0.05, 0) is 54.9 Å². The van der Waals surface area contributed by atoms with Crippen molar-refractivity contribution in [1.82, 2.24) is 5.32 Å². The molecule has 140 valence electrons. The highest BCUT2D eigenvalue weighted by Crippen LogP contribution is 2.27. The van der Waals surface area contributed by atoms with Crippen LogP contribution >= 0.6 is 0 Å². The number of ether oxygens (including phenoxy) is 3. The number of rotatable bonds is 11. The summed E-state index contributed by atoms with van der Waals surface area (Å²) in [6, 6.07) is 12.6. The largest absolute Gasteiger partial charge is 0.493 e. The monoisotopic (exact) mass is 359 g/mol. The predicted molar refractivity (Wildman–Crippen MR) is 99.5 cm³/mol. The van der Waals surface area contributed by atoms with Gasteiger partial charge in [-0.15, -0.1) is 0 Å². The summed E-state index contributed by atoms with van der Waals surface area (Å²) >= 11 is 0. The van der Waals surface area contributed by atoms with Crippen molar-refractivity contribution in [2.45, 2.75) is 12.5 Å². The van der Waals surface area contributed by atoms with E-state index in [0.717, 1.165) is 24.8 Å². The first kappa shape index (κ1) is 19.8. The summed E-state index contributed by atoms with van der Waals surface area (Å²) in [6.07, 6.45) is 0.966. The lowest BCUT2D eigenvalue weighted by molar-refractivity contribution is 0.106. The number of benzene rings is 2. The van der Waals surface area contributed by atoms with Gasteiger partial charge in [0, 0.05) is 12.1 Å². The number of methoxy groups -OCH3 is 2. The zero-order valence-electron chi connectivity index (χ0n) is 15.1. The molecule has 0 radical (unpaired) electrons. The zero-order chi connectivity index (χ0) is 18.8.